The molecule has 2 rings (SSSR count). The summed E-state index contributed by atoms with van der Waals surface area (Å²) in [6, 6.07) is 5.15. The van der Waals surface area contributed by atoms with Crippen molar-refractivity contribution in [1.82, 2.24) is 10.6 Å². The Morgan fingerprint density at radius 3 is 2.93 bits per heavy atom. The van der Waals surface area contributed by atoms with Crippen molar-refractivity contribution >= 4 is 0 Å². The maximum atomic E-state index is 13.4. The Labute approximate surface area is 88.6 Å². The van der Waals surface area contributed by atoms with E-state index in [1.807, 2.05) is 6.07 Å². The molecule has 2 N–H and O–H groups in total. The van der Waals surface area contributed by atoms with Crippen LogP contribution in [0.15, 0.2) is 18.2 Å². The van der Waals surface area contributed by atoms with Crippen LogP contribution in [0.1, 0.15) is 11.6 Å². The number of nitrogens with one attached hydrogen (secondary N) is 2. The maximum absolute atomic E-state index is 13.4. The van der Waals surface area contributed by atoms with Crippen LogP contribution in [0.25, 0.3) is 0 Å². The van der Waals surface area contributed by atoms with E-state index in [0.29, 0.717) is 5.75 Å². The third-order valence-electron chi connectivity index (χ3n) is 2.62. The van der Waals surface area contributed by atoms with Crippen molar-refractivity contribution in [3.05, 3.63) is 29.6 Å². The van der Waals surface area contributed by atoms with E-state index in [-0.39, 0.29) is 11.9 Å². The summed E-state index contributed by atoms with van der Waals surface area (Å²) >= 11 is 0. The van der Waals surface area contributed by atoms with Gasteiger partial charge < -0.3 is 15.4 Å². The average Bonchev–Trinajstić information content (AvgIpc) is 2.30. The second-order valence-corrected chi connectivity index (χ2v) is 3.57. The fourth-order valence-electron chi connectivity index (χ4n) is 1.89. The molecule has 1 aliphatic rings. The zero-order chi connectivity index (χ0) is 10.7. The monoisotopic (exact) mass is 210 g/mol. The van der Waals surface area contributed by atoms with Crippen LogP contribution in [0, 0.1) is 5.82 Å². The Morgan fingerprint density at radius 1 is 1.40 bits per heavy atom. The minimum Gasteiger partial charge on any atom is -0.493 e. The zero-order valence-corrected chi connectivity index (χ0v) is 8.72. The van der Waals surface area contributed by atoms with Crippen molar-refractivity contribution < 1.29 is 9.13 Å². The van der Waals surface area contributed by atoms with E-state index in [2.05, 4.69) is 10.6 Å². The predicted molar refractivity (Wildman–Crippen MR) is 56.6 cm³/mol. The molecule has 1 atom stereocenters. The number of rotatable bonds is 2. The topological polar surface area (TPSA) is 33.3 Å². The number of halogens is 1. The van der Waals surface area contributed by atoms with Gasteiger partial charge in [-0.25, -0.2) is 4.39 Å². The van der Waals surface area contributed by atoms with Crippen molar-refractivity contribution in [2.45, 2.75) is 6.04 Å². The quantitative estimate of drug-likeness (QED) is 0.766. The SMILES string of the molecule is COc1c(F)cccc1[C@H]1CNCCN1. The number of piperazine rings is 1. The molecule has 1 saturated heterocycles. The van der Waals surface area contributed by atoms with E-state index < -0.39 is 0 Å². The molecule has 1 aromatic carbocycles. The molecule has 82 valence electrons. The lowest BCUT2D eigenvalue weighted by atomic mass is 10.0. The summed E-state index contributed by atoms with van der Waals surface area (Å²) in [5.41, 5.74) is 0.879. The largest absolute Gasteiger partial charge is 0.493 e. The van der Waals surface area contributed by atoms with Crippen LogP contribution in [0.3, 0.4) is 0 Å². The van der Waals surface area contributed by atoms with Crippen LogP contribution in [-0.4, -0.2) is 26.7 Å². The molecule has 15 heavy (non-hydrogen) atoms. The molecule has 3 nitrogen and oxygen atoms in total. The Kier molecular flexibility index (Phi) is 3.18. The first-order valence-corrected chi connectivity index (χ1v) is 5.09. The Bertz CT molecular complexity index is 337. The van der Waals surface area contributed by atoms with Crippen LogP contribution in [-0.2, 0) is 0 Å². The number of hydrogen-bond donors (Lipinski definition) is 2. The third kappa shape index (κ3) is 2.11. The molecule has 0 amide bonds. The molecule has 4 heteroatoms. The van der Waals surface area contributed by atoms with Gasteiger partial charge in [-0.05, 0) is 6.07 Å². The lowest BCUT2D eigenvalue weighted by Crippen LogP contribution is -2.42. The molecule has 0 bridgehead atoms. The van der Waals surface area contributed by atoms with Crippen LogP contribution < -0.4 is 15.4 Å². The van der Waals surface area contributed by atoms with E-state index in [9.17, 15) is 4.39 Å². The van der Waals surface area contributed by atoms with Gasteiger partial charge >= 0.3 is 0 Å². The summed E-state index contributed by atoms with van der Waals surface area (Å²) < 4.78 is 18.5. The number of para-hydroxylation sites is 1. The van der Waals surface area contributed by atoms with Gasteiger partial charge in [-0.1, -0.05) is 12.1 Å². The molecule has 0 aromatic heterocycles. The molecule has 0 saturated carbocycles. The van der Waals surface area contributed by atoms with Gasteiger partial charge in [-0.2, -0.15) is 0 Å². The standard InChI is InChI=1S/C11H15FN2O/c1-15-11-8(3-2-4-9(11)12)10-7-13-5-6-14-10/h2-4,10,13-14H,5-7H2,1H3/t10-/m1/s1. The lowest BCUT2D eigenvalue weighted by Gasteiger charge is -2.26. The fourth-order valence-corrected chi connectivity index (χ4v) is 1.89. The van der Waals surface area contributed by atoms with Crippen LogP contribution in [0.5, 0.6) is 5.75 Å². The maximum Gasteiger partial charge on any atom is 0.165 e. The van der Waals surface area contributed by atoms with E-state index in [1.165, 1.54) is 13.2 Å². The van der Waals surface area contributed by atoms with E-state index in [1.54, 1.807) is 6.07 Å². The summed E-state index contributed by atoms with van der Waals surface area (Å²) in [6.45, 7) is 2.65. The molecule has 0 radical (unpaired) electrons. The van der Waals surface area contributed by atoms with Crippen molar-refractivity contribution in [2.75, 3.05) is 26.7 Å². The molecule has 0 aliphatic carbocycles. The van der Waals surface area contributed by atoms with Crippen LogP contribution >= 0.6 is 0 Å². The Morgan fingerprint density at radius 2 is 2.27 bits per heavy atom. The van der Waals surface area contributed by atoms with Gasteiger partial charge in [0.05, 0.1) is 7.11 Å². The molecule has 0 spiro atoms. The third-order valence-corrected chi connectivity index (χ3v) is 2.62. The second-order valence-electron chi connectivity index (χ2n) is 3.57. The predicted octanol–water partition coefficient (Wildman–Crippen LogP) is 1.07. The fraction of sp³-hybridized carbons (Fsp3) is 0.455. The molecule has 1 aliphatic heterocycles. The van der Waals surface area contributed by atoms with Gasteiger partial charge in [-0.3, -0.25) is 0 Å². The van der Waals surface area contributed by atoms with Gasteiger partial charge in [0, 0.05) is 31.2 Å². The number of hydrogen-bond acceptors (Lipinski definition) is 3. The van der Waals surface area contributed by atoms with E-state index in [4.69, 9.17) is 4.74 Å². The minimum atomic E-state index is -0.303. The summed E-state index contributed by atoms with van der Waals surface area (Å²) in [5.74, 6) is 0.0427. The normalized spacial score (nSPS) is 21.3. The highest BCUT2D eigenvalue weighted by atomic mass is 19.1. The number of ether oxygens (including phenoxy) is 1. The zero-order valence-electron chi connectivity index (χ0n) is 8.72. The van der Waals surface area contributed by atoms with Crippen molar-refractivity contribution in [2.24, 2.45) is 0 Å². The highest BCUT2D eigenvalue weighted by Crippen LogP contribution is 2.28. The van der Waals surface area contributed by atoms with Crippen molar-refractivity contribution in [1.29, 1.82) is 0 Å². The van der Waals surface area contributed by atoms with Gasteiger partial charge in [-0.15, -0.1) is 0 Å². The highest BCUT2D eigenvalue weighted by molar-refractivity contribution is 5.37. The molecule has 1 heterocycles. The van der Waals surface area contributed by atoms with Gasteiger partial charge in [0.1, 0.15) is 0 Å². The lowest BCUT2D eigenvalue weighted by molar-refractivity contribution is 0.361. The van der Waals surface area contributed by atoms with Crippen LogP contribution in [0.4, 0.5) is 4.39 Å². The Hall–Kier alpha value is -1.13. The van der Waals surface area contributed by atoms with Gasteiger partial charge in [0.2, 0.25) is 0 Å². The second kappa shape index (κ2) is 4.59. The van der Waals surface area contributed by atoms with Crippen LogP contribution in [0.2, 0.25) is 0 Å². The number of benzene rings is 1. The van der Waals surface area contributed by atoms with Crippen molar-refractivity contribution in [3.8, 4) is 5.75 Å². The summed E-state index contributed by atoms with van der Waals surface area (Å²) in [7, 11) is 1.50. The van der Waals surface area contributed by atoms with Crippen molar-refractivity contribution in [3.63, 3.8) is 0 Å². The summed E-state index contributed by atoms with van der Waals surface area (Å²) in [6.07, 6.45) is 0. The smallest absolute Gasteiger partial charge is 0.165 e. The summed E-state index contributed by atoms with van der Waals surface area (Å²) in [5, 5.41) is 6.59. The Balaban J connectivity index is 2.29. The molecular weight excluding hydrogens is 195 g/mol. The first-order chi connectivity index (χ1) is 7.33. The number of methoxy groups -OCH3 is 1. The molecular formula is C11H15FN2O. The first kappa shape index (κ1) is 10.4. The highest BCUT2D eigenvalue weighted by Gasteiger charge is 2.19. The van der Waals surface area contributed by atoms with Gasteiger partial charge in [0.25, 0.3) is 0 Å². The first-order valence-electron chi connectivity index (χ1n) is 5.09. The minimum absolute atomic E-state index is 0.129. The molecule has 1 aromatic rings. The van der Waals surface area contributed by atoms with Gasteiger partial charge in [0.15, 0.2) is 11.6 Å². The van der Waals surface area contributed by atoms with E-state index >= 15 is 0 Å². The summed E-state index contributed by atoms with van der Waals surface area (Å²) in [4.78, 5) is 0. The molecule has 0 unspecified atom stereocenters. The average molecular weight is 210 g/mol. The van der Waals surface area contributed by atoms with E-state index in [0.717, 1.165) is 25.2 Å². The molecule has 1 fully saturated rings.